The maximum Gasteiger partial charge on any atom is 0.265 e. The van der Waals surface area contributed by atoms with Gasteiger partial charge in [-0.2, -0.15) is 0 Å². The minimum atomic E-state index is -0.249. The Morgan fingerprint density at radius 1 is 1.24 bits per heavy atom. The number of nitrogens with one attached hydrogen (secondary N) is 2. The van der Waals surface area contributed by atoms with Crippen molar-refractivity contribution in [1.29, 1.82) is 0 Å². The molecule has 1 fully saturated rings. The van der Waals surface area contributed by atoms with Crippen LogP contribution in [0.3, 0.4) is 0 Å². The van der Waals surface area contributed by atoms with Gasteiger partial charge in [0, 0.05) is 18.9 Å². The van der Waals surface area contributed by atoms with Gasteiger partial charge in [-0.05, 0) is 31.9 Å². The molecule has 2 heterocycles. The van der Waals surface area contributed by atoms with E-state index in [1.54, 1.807) is 31.2 Å². The zero-order valence-corrected chi connectivity index (χ0v) is 15.0. The molecule has 1 atom stereocenters. The molecule has 1 saturated heterocycles. The van der Waals surface area contributed by atoms with Gasteiger partial charge >= 0.3 is 0 Å². The van der Waals surface area contributed by atoms with Crippen molar-refractivity contribution in [3.63, 3.8) is 0 Å². The van der Waals surface area contributed by atoms with Gasteiger partial charge in [0.05, 0.1) is 24.0 Å². The number of ether oxygens (including phenoxy) is 2. The molecule has 25 heavy (non-hydrogen) atoms. The fourth-order valence-electron chi connectivity index (χ4n) is 2.81. The van der Waals surface area contributed by atoms with Gasteiger partial charge in [-0.15, -0.1) is 11.8 Å². The van der Waals surface area contributed by atoms with Crippen molar-refractivity contribution in [1.82, 2.24) is 5.32 Å². The van der Waals surface area contributed by atoms with Crippen molar-refractivity contribution < 1.29 is 19.1 Å². The summed E-state index contributed by atoms with van der Waals surface area (Å²) < 4.78 is 10.9. The van der Waals surface area contributed by atoms with Crippen LogP contribution in [0.5, 0.6) is 0 Å². The Labute approximate surface area is 151 Å². The molecule has 2 aliphatic rings. The largest absolute Gasteiger partial charge is 0.496 e. The van der Waals surface area contributed by atoms with E-state index >= 15 is 0 Å². The molecule has 0 aliphatic carbocycles. The Morgan fingerprint density at radius 3 is 2.84 bits per heavy atom. The van der Waals surface area contributed by atoms with Gasteiger partial charge in [-0.25, -0.2) is 0 Å². The Kier molecular flexibility index (Phi) is 5.99. The van der Waals surface area contributed by atoms with Gasteiger partial charge in [0.25, 0.3) is 11.8 Å². The molecule has 1 aromatic rings. The van der Waals surface area contributed by atoms with E-state index in [0.29, 0.717) is 35.1 Å². The van der Waals surface area contributed by atoms with Crippen LogP contribution in [0.25, 0.3) is 0 Å². The molecular weight excluding hydrogens is 340 g/mol. The number of benzene rings is 1. The molecule has 3 rings (SSSR count). The summed E-state index contributed by atoms with van der Waals surface area (Å²) in [6, 6.07) is 6.99. The molecule has 2 amide bonds. The van der Waals surface area contributed by atoms with Crippen molar-refractivity contribution in [2.24, 2.45) is 0 Å². The van der Waals surface area contributed by atoms with Crippen molar-refractivity contribution in [2.75, 3.05) is 30.8 Å². The van der Waals surface area contributed by atoms with Gasteiger partial charge in [0.15, 0.2) is 0 Å². The number of amides is 2. The summed E-state index contributed by atoms with van der Waals surface area (Å²) in [4.78, 5) is 25.5. The fraction of sp³-hybridized carbons (Fsp3) is 0.444. The second-order valence-corrected chi connectivity index (χ2v) is 7.03. The van der Waals surface area contributed by atoms with Crippen LogP contribution in [-0.4, -0.2) is 43.4 Å². The number of anilines is 1. The van der Waals surface area contributed by atoms with E-state index in [2.05, 4.69) is 10.6 Å². The second-order valence-electron chi connectivity index (χ2n) is 5.93. The number of allylic oxidation sites excluding steroid dienone is 1. The lowest BCUT2D eigenvalue weighted by atomic mass is 10.1. The minimum Gasteiger partial charge on any atom is -0.496 e. The van der Waals surface area contributed by atoms with Crippen LogP contribution in [0.15, 0.2) is 34.9 Å². The predicted molar refractivity (Wildman–Crippen MR) is 97.5 cm³/mol. The first-order chi connectivity index (χ1) is 12.1. The second kappa shape index (κ2) is 8.40. The van der Waals surface area contributed by atoms with Gasteiger partial charge in [0.2, 0.25) is 0 Å². The molecular formula is C18H22N2O4S. The Balaban J connectivity index is 1.67. The fourth-order valence-corrected chi connectivity index (χ4v) is 3.62. The van der Waals surface area contributed by atoms with Crippen LogP contribution in [0.1, 0.15) is 30.1 Å². The van der Waals surface area contributed by atoms with Crippen LogP contribution < -0.4 is 10.6 Å². The highest BCUT2D eigenvalue weighted by Gasteiger charge is 2.22. The average molecular weight is 362 g/mol. The molecule has 0 saturated carbocycles. The van der Waals surface area contributed by atoms with Gasteiger partial charge in [0.1, 0.15) is 10.7 Å². The van der Waals surface area contributed by atoms with E-state index in [1.165, 1.54) is 11.8 Å². The molecule has 0 unspecified atom stereocenters. The number of carbonyl (C=O) groups is 2. The molecule has 2 N–H and O–H groups in total. The predicted octanol–water partition coefficient (Wildman–Crippen LogP) is 2.53. The summed E-state index contributed by atoms with van der Waals surface area (Å²) in [5.74, 6) is 0.893. The van der Waals surface area contributed by atoms with E-state index in [-0.39, 0.29) is 17.9 Å². The highest BCUT2D eigenvalue weighted by atomic mass is 32.2. The first-order valence-corrected chi connectivity index (χ1v) is 9.40. The first kappa shape index (κ1) is 17.8. The topological polar surface area (TPSA) is 76.7 Å². The molecule has 2 aliphatic heterocycles. The lowest BCUT2D eigenvalue weighted by molar-refractivity contribution is -0.112. The number of thioether (sulfide) groups is 1. The third kappa shape index (κ3) is 4.55. The maximum atomic E-state index is 12.5. The quantitative estimate of drug-likeness (QED) is 0.842. The third-order valence-electron chi connectivity index (χ3n) is 4.11. The lowest BCUT2D eigenvalue weighted by Crippen LogP contribution is -2.32. The highest BCUT2D eigenvalue weighted by Crippen LogP contribution is 2.27. The molecule has 1 aromatic carbocycles. The van der Waals surface area contributed by atoms with Crippen LogP contribution in [0.2, 0.25) is 0 Å². The molecule has 0 spiro atoms. The van der Waals surface area contributed by atoms with Crippen LogP contribution in [-0.2, 0) is 14.3 Å². The average Bonchev–Trinajstić information content (AvgIpc) is 3.14. The number of carbonyl (C=O) groups excluding carboxylic acids is 2. The normalized spacial score (nSPS) is 20.1. The molecule has 134 valence electrons. The summed E-state index contributed by atoms with van der Waals surface area (Å²) in [6.07, 6.45) is 2.07. The zero-order chi connectivity index (χ0) is 17.6. The number of rotatable bonds is 5. The molecule has 7 heteroatoms. The standard InChI is InChI=1S/C18H22N2O4S/c1-12-16(25-10-9-23-12)18(22)20-15-7-3-2-6-14(15)17(21)19-11-13-5-4-8-24-13/h2-3,6-7,13H,4-5,8-11H2,1H3,(H,19,21)(H,20,22)/t13-/m1/s1. The van der Waals surface area contributed by atoms with Crippen molar-refractivity contribution in [3.05, 3.63) is 40.5 Å². The van der Waals surface area contributed by atoms with Crippen LogP contribution in [0, 0.1) is 0 Å². The van der Waals surface area contributed by atoms with E-state index < -0.39 is 0 Å². The highest BCUT2D eigenvalue weighted by molar-refractivity contribution is 8.04. The summed E-state index contributed by atoms with van der Waals surface area (Å²) in [7, 11) is 0. The molecule has 0 bridgehead atoms. The number of hydrogen-bond acceptors (Lipinski definition) is 5. The Hall–Kier alpha value is -1.99. The van der Waals surface area contributed by atoms with E-state index in [1.807, 2.05) is 0 Å². The number of hydrogen-bond donors (Lipinski definition) is 2. The van der Waals surface area contributed by atoms with Crippen molar-refractivity contribution in [3.8, 4) is 0 Å². The monoisotopic (exact) mass is 362 g/mol. The van der Waals surface area contributed by atoms with E-state index in [4.69, 9.17) is 9.47 Å². The summed E-state index contributed by atoms with van der Waals surface area (Å²) in [6.45, 7) is 3.62. The van der Waals surface area contributed by atoms with Crippen LogP contribution in [0.4, 0.5) is 5.69 Å². The first-order valence-electron chi connectivity index (χ1n) is 8.42. The SMILES string of the molecule is CC1=C(C(=O)Nc2ccccc2C(=O)NC[C@H]2CCCO2)SCCO1. The van der Waals surface area contributed by atoms with Gasteiger partial charge in [-0.1, -0.05) is 12.1 Å². The van der Waals surface area contributed by atoms with E-state index in [0.717, 1.165) is 25.2 Å². The molecule has 0 radical (unpaired) electrons. The van der Waals surface area contributed by atoms with Crippen LogP contribution >= 0.6 is 11.8 Å². The number of para-hydroxylation sites is 1. The van der Waals surface area contributed by atoms with Gasteiger partial charge in [-0.3, -0.25) is 9.59 Å². The van der Waals surface area contributed by atoms with Gasteiger partial charge < -0.3 is 20.1 Å². The smallest absolute Gasteiger partial charge is 0.265 e. The van der Waals surface area contributed by atoms with Crippen molar-refractivity contribution in [2.45, 2.75) is 25.9 Å². The summed E-state index contributed by atoms with van der Waals surface area (Å²) in [5.41, 5.74) is 0.928. The third-order valence-corrected chi connectivity index (χ3v) is 5.24. The molecule has 6 nitrogen and oxygen atoms in total. The maximum absolute atomic E-state index is 12.5. The van der Waals surface area contributed by atoms with Crippen molar-refractivity contribution >= 4 is 29.3 Å². The Bertz CT molecular complexity index is 683. The van der Waals surface area contributed by atoms with E-state index in [9.17, 15) is 9.59 Å². The summed E-state index contributed by atoms with van der Waals surface area (Å²) in [5, 5.41) is 5.72. The minimum absolute atomic E-state index is 0.0781. The molecule has 0 aromatic heterocycles. The summed E-state index contributed by atoms with van der Waals surface area (Å²) >= 11 is 1.47. The lowest BCUT2D eigenvalue weighted by Gasteiger charge is -2.18. The zero-order valence-electron chi connectivity index (χ0n) is 14.2. The Morgan fingerprint density at radius 2 is 2.08 bits per heavy atom.